The number of carbonyl (C=O) groups is 2. The molecule has 4 heterocycles. The van der Waals surface area contributed by atoms with E-state index in [1.807, 2.05) is 5.43 Å². The van der Waals surface area contributed by atoms with Crippen LogP contribution in [-0.4, -0.2) is 45.7 Å². The Morgan fingerprint density at radius 3 is 2.64 bits per heavy atom. The molecule has 0 fully saturated rings. The maximum atomic E-state index is 14.1. The Labute approximate surface area is 186 Å². The molecule has 176 valence electrons. The van der Waals surface area contributed by atoms with Gasteiger partial charge in [0, 0.05) is 12.6 Å². The van der Waals surface area contributed by atoms with E-state index < -0.39 is 59.3 Å². The van der Waals surface area contributed by atoms with Crippen LogP contribution in [0.1, 0.15) is 12.6 Å². The Balaban J connectivity index is 1.79. The average molecular weight is 493 g/mol. The van der Waals surface area contributed by atoms with E-state index in [1.165, 1.54) is 6.07 Å². The van der Waals surface area contributed by atoms with Crippen LogP contribution in [0.5, 0.6) is 0 Å². The molecule has 2 aromatic rings. The number of carbonyl (C=O) groups excluding carboxylic acids is 2. The molecule has 10 nitrogen and oxygen atoms in total. The molecule has 0 spiro atoms. The molecule has 0 aromatic carbocycles. The van der Waals surface area contributed by atoms with Crippen LogP contribution in [0, 0.1) is 0 Å². The molecule has 2 aromatic heterocycles. The Hall–Kier alpha value is -3.62. The molecule has 16 heteroatoms. The van der Waals surface area contributed by atoms with Crippen LogP contribution in [0.4, 0.5) is 32.4 Å². The Morgan fingerprint density at radius 2 is 2.03 bits per heavy atom. The van der Waals surface area contributed by atoms with Crippen LogP contribution in [0.15, 0.2) is 35.4 Å². The number of hydrogen-bond acceptors (Lipinski definition) is 6. The summed E-state index contributed by atoms with van der Waals surface area (Å²) in [4.78, 5) is 29.3. The number of primary amides is 1. The number of halogens is 6. The number of anilines is 1. The van der Waals surface area contributed by atoms with E-state index in [-0.39, 0.29) is 16.5 Å². The fourth-order valence-electron chi connectivity index (χ4n) is 3.55. The van der Waals surface area contributed by atoms with Crippen LogP contribution < -0.4 is 26.8 Å². The zero-order chi connectivity index (χ0) is 24.3. The van der Waals surface area contributed by atoms with E-state index in [2.05, 4.69) is 20.8 Å². The second-order valence-corrected chi connectivity index (χ2v) is 7.77. The SMILES string of the molecule is C[C@@]1(C(F)(F)F)CN(C(=O)NC2=C(C(N)=O)NNC(C(F)F)=C2)c2cnc3cc(Cl)nn3c21. The molecule has 33 heavy (non-hydrogen) atoms. The standard InChI is InChI=1S/C17H14ClF5N8O2/c1-16(17(21,22)23)5-30(8-4-25-10-3-9(18)29-31(10)12(8)16)15(33)26-6-2-7(13(19)20)27-28-11(6)14(24)32/h2-4,13,27-28H,5H2,1H3,(H2,24,32)(H,26,33)/t16-/m1/s1. The van der Waals surface area contributed by atoms with Gasteiger partial charge in [-0.2, -0.15) is 18.3 Å². The molecule has 0 aliphatic carbocycles. The molecule has 0 saturated carbocycles. The lowest BCUT2D eigenvalue weighted by Crippen LogP contribution is -2.49. The van der Waals surface area contributed by atoms with E-state index in [9.17, 15) is 31.5 Å². The van der Waals surface area contributed by atoms with Gasteiger partial charge >= 0.3 is 12.2 Å². The summed E-state index contributed by atoms with van der Waals surface area (Å²) in [5.41, 5.74) is 4.56. The monoisotopic (exact) mass is 492 g/mol. The van der Waals surface area contributed by atoms with Gasteiger partial charge in [-0.05, 0) is 13.0 Å². The number of amides is 3. The highest BCUT2D eigenvalue weighted by molar-refractivity contribution is 6.29. The first-order valence-corrected chi connectivity index (χ1v) is 9.47. The summed E-state index contributed by atoms with van der Waals surface area (Å²) in [7, 11) is 0. The lowest BCUT2D eigenvalue weighted by Gasteiger charge is -2.28. The largest absolute Gasteiger partial charge is 0.401 e. The van der Waals surface area contributed by atoms with Gasteiger partial charge in [0.25, 0.3) is 12.3 Å². The van der Waals surface area contributed by atoms with Crippen molar-refractivity contribution in [3.63, 3.8) is 0 Å². The number of nitrogens with zero attached hydrogens (tertiary/aromatic N) is 4. The molecule has 5 N–H and O–H groups in total. The molecular weight excluding hydrogens is 479 g/mol. The molecule has 1 atom stereocenters. The summed E-state index contributed by atoms with van der Waals surface area (Å²) < 4.78 is 69.4. The number of nitrogens with one attached hydrogen (secondary N) is 3. The Morgan fingerprint density at radius 1 is 1.33 bits per heavy atom. The third-order valence-corrected chi connectivity index (χ3v) is 5.40. The van der Waals surface area contributed by atoms with Crippen molar-refractivity contribution in [3.05, 3.63) is 46.3 Å². The van der Waals surface area contributed by atoms with Gasteiger partial charge in [0.1, 0.15) is 11.1 Å². The first-order valence-electron chi connectivity index (χ1n) is 9.09. The van der Waals surface area contributed by atoms with Crippen molar-refractivity contribution in [1.29, 1.82) is 0 Å². The van der Waals surface area contributed by atoms with Gasteiger partial charge in [-0.1, -0.05) is 11.6 Å². The first kappa shape index (κ1) is 22.6. The second-order valence-electron chi connectivity index (χ2n) is 7.38. The zero-order valence-electron chi connectivity index (χ0n) is 16.5. The predicted molar refractivity (Wildman–Crippen MR) is 104 cm³/mol. The fraction of sp³-hybridized carbons (Fsp3) is 0.294. The first-order chi connectivity index (χ1) is 15.3. The molecule has 0 saturated heterocycles. The van der Waals surface area contributed by atoms with Gasteiger partial charge < -0.3 is 11.1 Å². The molecule has 0 bridgehead atoms. The number of hydrogen-bond donors (Lipinski definition) is 4. The van der Waals surface area contributed by atoms with Gasteiger partial charge in [0.15, 0.2) is 10.8 Å². The van der Waals surface area contributed by atoms with Crippen molar-refractivity contribution in [2.24, 2.45) is 5.73 Å². The number of nitrogens with two attached hydrogens (primary N) is 1. The van der Waals surface area contributed by atoms with E-state index in [0.29, 0.717) is 4.90 Å². The summed E-state index contributed by atoms with van der Waals surface area (Å²) in [5, 5.41) is 5.90. The highest BCUT2D eigenvalue weighted by Crippen LogP contribution is 2.49. The summed E-state index contributed by atoms with van der Waals surface area (Å²) in [5.74, 6) is -1.11. The van der Waals surface area contributed by atoms with Gasteiger partial charge in [0.05, 0.1) is 29.0 Å². The number of urea groups is 1. The van der Waals surface area contributed by atoms with Gasteiger partial charge in [-0.25, -0.2) is 23.1 Å². The summed E-state index contributed by atoms with van der Waals surface area (Å²) in [6.07, 6.45) is -6.04. The maximum Gasteiger partial charge on any atom is 0.401 e. The van der Waals surface area contributed by atoms with Crippen LogP contribution in [0.3, 0.4) is 0 Å². The second kappa shape index (κ2) is 7.47. The minimum Gasteiger partial charge on any atom is -0.364 e. The highest BCUT2D eigenvalue weighted by atomic mass is 35.5. The zero-order valence-corrected chi connectivity index (χ0v) is 17.2. The fourth-order valence-corrected chi connectivity index (χ4v) is 3.72. The quantitative estimate of drug-likeness (QED) is 0.483. The van der Waals surface area contributed by atoms with Crippen molar-refractivity contribution in [2.75, 3.05) is 11.4 Å². The van der Waals surface area contributed by atoms with Crippen molar-refractivity contribution in [2.45, 2.75) is 24.9 Å². The number of alkyl halides is 5. The van der Waals surface area contributed by atoms with Crippen molar-refractivity contribution >= 4 is 34.9 Å². The molecule has 2 aliphatic rings. The van der Waals surface area contributed by atoms with Crippen LogP contribution in [-0.2, 0) is 10.2 Å². The summed E-state index contributed by atoms with van der Waals surface area (Å²) in [6.45, 7) is -0.00461. The van der Waals surface area contributed by atoms with Crippen molar-refractivity contribution < 1.29 is 31.5 Å². The van der Waals surface area contributed by atoms with Gasteiger partial charge in [-0.3, -0.25) is 20.5 Å². The Bertz CT molecular complexity index is 1240. The number of fused-ring (bicyclic) bond motifs is 3. The number of hydrazine groups is 1. The summed E-state index contributed by atoms with van der Waals surface area (Å²) in [6, 6.07) is 0.105. The van der Waals surface area contributed by atoms with Gasteiger partial charge in [0.2, 0.25) is 0 Å². The molecule has 0 radical (unpaired) electrons. The van der Waals surface area contributed by atoms with Crippen molar-refractivity contribution in [1.82, 2.24) is 30.8 Å². The predicted octanol–water partition coefficient (Wildman–Crippen LogP) is 1.69. The number of rotatable bonds is 3. The lowest BCUT2D eigenvalue weighted by atomic mass is 9.88. The topological polar surface area (TPSA) is 130 Å². The van der Waals surface area contributed by atoms with Crippen molar-refractivity contribution in [3.8, 4) is 0 Å². The van der Waals surface area contributed by atoms with E-state index in [4.69, 9.17) is 17.3 Å². The van der Waals surface area contributed by atoms with Crippen LogP contribution >= 0.6 is 11.6 Å². The third kappa shape index (κ3) is 3.57. The molecular formula is C17H14ClF5N8O2. The normalized spacial score (nSPS) is 20.5. The van der Waals surface area contributed by atoms with E-state index >= 15 is 0 Å². The smallest absolute Gasteiger partial charge is 0.364 e. The van der Waals surface area contributed by atoms with Crippen LogP contribution in [0.25, 0.3) is 5.65 Å². The van der Waals surface area contributed by atoms with E-state index in [1.54, 1.807) is 0 Å². The number of allylic oxidation sites excluding steroid dienone is 2. The van der Waals surface area contributed by atoms with Gasteiger partial charge in [-0.15, -0.1) is 0 Å². The lowest BCUT2D eigenvalue weighted by molar-refractivity contribution is -0.181. The highest BCUT2D eigenvalue weighted by Gasteiger charge is 2.60. The minimum atomic E-state index is -4.82. The summed E-state index contributed by atoms with van der Waals surface area (Å²) >= 11 is 5.83. The molecule has 3 amide bonds. The molecule has 2 aliphatic heterocycles. The molecule has 4 rings (SSSR count). The van der Waals surface area contributed by atoms with E-state index in [0.717, 1.165) is 23.7 Å². The Kier molecular flexibility index (Phi) is 5.11. The number of aromatic nitrogens is 3. The third-order valence-electron chi connectivity index (χ3n) is 5.22. The maximum absolute atomic E-state index is 14.1. The minimum absolute atomic E-state index is 0.0299. The van der Waals surface area contributed by atoms with Crippen LogP contribution in [0.2, 0.25) is 5.15 Å². The molecule has 0 unspecified atom stereocenters. The average Bonchev–Trinajstić information content (AvgIpc) is 3.24.